The first-order valence-electron chi connectivity index (χ1n) is 6.01. The fourth-order valence-corrected chi connectivity index (χ4v) is 1.23. The molecule has 0 radical (unpaired) electrons. The molecule has 0 aromatic carbocycles. The summed E-state index contributed by atoms with van der Waals surface area (Å²) in [4.78, 5) is 23.7. The van der Waals surface area contributed by atoms with Gasteiger partial charge in [-0.3, -0.25) is 9.59 Å². The van der Waals surface area contributed by atoms with Gasteiger partial charge in [0.15, 0.2) is 0 Å². The van der Waals surface area contributed by atoms with Crippen molar-refractivity contribution in [3.05, 3.63) is 0 Å². The molecule has 18 heavy (non-hydrogen) atoms. The molecule has 0 unspecified atom stereocenters. The number of ether oxygens (including phenoxy) is 2. The molecule has 0 saturated heterocycles. The molecule has 0 aromatic heterocycles. The lowest BCUT2D eigenvalue weighted by atomic mass is 9.91. The Balaban J connectivity index is 4.08. The quantitative estimate of drug-likeness (QED) is 0.449. The second-order valence-corrected chi connectivity index (χ2v) is 4.48. The minimum atomic E-state index is -1.08. The maximum Gasteiger partial charge on any atom is 0.235 e. The normalized spacial score (nSPS) is 11.1. The number of nitrogens with one attached hydrogen (secondary N) is 2. The van der Waals surface area contributed by atoms with E-state index in [4.69, 9.17) is 9.47 Å². The van der Waals surface area contributed by atoms with Gasteiger partial charge in [0.2, 0.25) is 11.8 Å². The van der Waals surface area contributed by atoms with Crippen LogP contribution in [0.4, 0.5) is 0 Å². The Kier molecular flexibility index (Phi) is 8.32. The molecule has 6 nitrogen and oxygen atoms in total. The first-order chi connectivity index (χ1) is 8.46. The first kappa shape index (κ1) is 16.9. The van der Waals surface area contributed by atoms with Gasteiger partial charge in [0, 0.05) is 33.9 Å². The summed E-state index contributed by atoms with van der Waals surface area (Å²) in [5.41, 5.74) is -1.08. The molecule has 0 saturated carbocycles. The molecular weight excluding hydrogens is 236 g/mol. The van der Waals surface area contributed by atoms with Gasteiger partial charge in [-0.1, -0.05) is 0 Å². The smallest absolute Gasteiger partial charge is 0.235 e. The fourth-order valence-electron chi connectivity index (χ4n) is 1.23. The molecule has 0 aliphatic heterocycles. The van der Waals surface area contributed by atoms with Gasteiger partial charge in [-0.15, -0.1) is 0 Å². The van der Waals surface area contributed by atoms with Crippen LogP contribution in [0, 0.1) is 5.41 Å². The van der Waals surface area contributed by atoms with Crippen molar-refractivity contribution < 1.29 is 19.1 Å². The van der Waals surface area contributed by atoms with Crippen molar-refractivity contribution in [2.45, 2.75) is 20.3 Å². The first-order valence-corrected chi connectivity index (χ1v) is 6.01. The Morgan fingerprint density at radius 3 is 1.94 bits per heavy atom. The fraction of sp³-hybridized carbons (Fsp3) is 0.833. The van der Waals surface area contributed by atoms with Crippen molar-refractivity contribution >= 4 is 11.8 Å². The third kappa shape index (κ3) is 5.97. The minimum Gasteiger partial charge on any atom is -0.385 e. The Hall–Kier alpha value is -1.14. The zero-order chi connectivity index (χ0) is 14.0. The van der Waals surface area contributed by atoms with Gasteiger partial charge < -0.3 is 20.1 Å². The summed E-state index contributed by atoms with van der Waals surface area (Å²) >= 11 is 0. The van der Waals surface area contributed by atoms with Gasteiger partial charge in [0.25, 0.3) is 0 Å². The van der Waals surface area contributed by atoms with Crippen LogP contribution in [0.25, 0.3) is 0 Å². The van der Waals surface area contributed by atoms with E-state index in [1.165, 1.54) is 0 Å². The van der Waals surface area contributed by atoms with Crippen molar-refractivity contribution in [3.63, 3.8) is 0 Å². The number of amides is 2. The van der Waals surface area contributed by atoms with Crippen LogP contribution in [0.3, 0.4) is 0 Å². The average molecular weight is 260 g/mol. The Labute approximate surface area is 108 Å². The van der Waals surface area contributed by atoms with Gasteiger partial charge in [-0.2, -0.15) is 0 Å². The van der Waals surface area contributed by atoms with E-state index in [0.29, 0.717) is 26.3 Å². The summed E-state index contributed by atoms with van der Waals surface area (Å²) in [7, 11) is 3.16. The highest BCUT2D eigenvalue weighted by atomic mass is 16.5. The predicted octanol–water partition coefficient (Wildman–Crippen LogP) is -0.0721. The summed E-state index contributed by atoms with van der Waals surface area (Å²) < 4.78 is 9.71. The summed E-state index contributed by atoms with van der Waals surface area (Å²) in [6, 6.07) is 0. The molecule has 6 heteroatoms. The van der Waals surface area contributed by atoms with E-state index in [1.54, 1.807) is 28.1 Å². The second-order valence-electron chi connectivity index (χ2n) is 4.48. The summed E-state index contributed by atoms with van der Waals surface area (Å²) in [6.07, 6.45) is 0.726. The predicted molar refractivity (Wildman–Crippen MR) is 68.2 cm³/mol. The molecule has 0 rings (SSSR count). The molecule has 0 aliphatic carbocycles. The van der Waals surface area contributed by atoms with Crippen LogP contribution in [0.2, 0.25) is 0 Å². The van der Waals surface area contributed by atoms with Crippen LogP contribution >= 0.6 is 0 Å². The third-order valence-electron chi connectivity index (χ3n) is 2.54. The molecule has 0 fully saturated rings. The summed E-state index contributed by atoms with van der Waals surface area (Å²) in [5.74, 6) is -0.586. The molecule has 0 aromatic rings. The van der Waals surface area contributed by atoms with Crippen molar-refractivity contribution in [1.82, 2.24) is 10.6 Å². The van der Waals surface area contributed by atoms with Crippen LogP contribution in [-0.2, 0) is 19.1 Å². The topological polar surface area (TPSA) is 76.7 Å². The monoisotopic (exact) mass is 260 g/mol. The Morgan fingerprint density at radius 2 is 1.44 bits per heavy atom. The molecule has 2 N–H and O–H groups in total. The van der Waals surface area contributed by atoms with E-state index in [0.717, 1.165) is 6.42 Å². The van der Waals surface area contributed by atoms with E-state index in [9.17, 15) is 9.59 Å². The second kappa shape index (κ2) is 8.88. The summed E-state index contributed by atoms with van der Waals surface area (Å²) in [6.45, 7) is 5.11. The van der Waals surface area contributed by atoms with Gasteiger partial charge in [-0.05, 0) is 20.3 Å². The van der Waals surface area contributed by atoms with E-state index in [-0.39, 0.29) is 11.8 Å². The standard InChI is InChI=1S/C12H24N2O4/c1-12(2,11(16)14-7-9-18-4)10(15)13-6-5-8-17-3/h5-9H2,1-4H3,(H,13,15)(H,14,16). The van der Waals surface area contributed by atoms with Crippen LogP contribution in [0.1, 0.15) is 20.3 Å². The lowest BCUT2D eigenvalue weighted by Gasteiger charge is -2.22. The highest BCUT2D eigenvalue weighted by Crippen LogP contribution is 2.15. The maximum atomic E-state index is 11.9. The third-order valence-corrected chi connectivity index (χ3v) is 2.54. The van der Waals surface area contributed by atoms with E-state index >= 15 is 0 Å². The summed E-state index contributed by atoms with van der Waals surface area (Å²) in [5, 5.41) is 5.37. The number of hydrogen-bond acceptors (Lipinski definition) is 4. The minimum absolute atomic E-state index is 0.284. The van der Waals surface area contributed by atoms with E-state index in [2.05, 4.69) is 10.6 Å². The molecule has 0 spiro atoms. The van der Waals surface area contributed by atoms with Crippen molar-refractivity contribution in [2.24, 2.45) is 5.41 Å². The molecule has 0 bridgehead atoms. The Bertz CT molecular complexity index is 267. The lowest BCUT2D eigenvalue weighted by molar-refractivity contribution is -0.141. The maximum absolute atomic E-state index is 11.9. The van der Waals surface area contributed by atoms with Crippen LogP contribution in [0.5, 0.6) is 0 Å². The zero-order valence-corrected chi connectivity index (χ0v) is 11.7. The molecule has 2 amide bonds. The van der Waals surface area contributed by atoms with Gasteiger partial charge >= 0.3 is 0 Å². The Morgan fingerprint density at radius 1 is 0.944 bits per heavy atom. The van der Waals surface area contributed by atoms with Crippen LogP contribution in [0.15, 0.2) is 0 Å². The van der Waals surface area contributed by atoms with Gasteiger partial charge in [0.1, 0.15) is 5.41 Å². The zero-order valence-electron chi connectivity index (χ0n) is 11.7. The number of carbonyl (C=O) groups is 2. The molecule has 0 aliphatic rings. The van der Waals surface area contributed by atoms with Crippen molar-refractivity contribution in [3.8, 4) is 0 Å². The van der Waals surface area contributed by atoms with Crippen LogP contribution < -0.4 is 10.6 Å². The number of rotatable bonds is 9. The molecule has 0 atom stereocenters. The highest BCUT2D eigenvalue weighted by Gasteiger charge is 2.35. The SMILES string of the molecule is COCCCNC(=O)C(C)(C)C(=O)NCCOC. The van der Waals surface area contributed by atoms with Gasteiger partial charge in [0.05, 0.1) is 6.61 Å². The van der Waals surface area contributed by atoms with E-state index < -0.39 is 5.41 Å². The van der Waals surface area contributed by atoms with Gasteiger partial charge in [-0.25, -0.2) is 0 Å². The number of methoxy groups -OCH3 is 2. The molecule has 106 valence electrons. The van der Waals surface area contributed by atoms with Crippen LogP contribution in [-0.4, -0.2) is 52.3 Å². The van der Waals surface area contributed by atoms with E-state index in [1.807, 2.05) is 0 Å². The lowest BCUT2D eigenvalue weighted by Crippen LogP contribution is -2.48. The van der Waals surface area contributed by atoms with Crippen molar-refractivity contribution in [1.29, 1.82) is 0 Å². The largest absolute Gasteiger partial charge is 0.385 e. The molecular formula is C12H24N2O4. The van der Waals surface area contributed by atoms with Crippen molar-refractivity contribution in [2.75, 3.05) is 40.5 Å². The number of hydrogen-bond donors (Lipinski definition) is 2. The molecule has 0 heterocycles. The number of carbonyl (C=O) groups excluding carboxylic acids is 2. The highest BCUT2D eigenvalue weighted by molar-refractivity contribution is 6.04. The average Bonchev–Trinajstić information content (AvgIpc) is 2.34.